The molecule has 1 aliphatic rings. The Balaban J connectivity index is 1.67. The summed E-state index contributed by atoms with van der Waals surface area (Å²) in [5, 5.41) is 5.39. The van der Waals surface area contributed by atoms with Gasteiger partial charge in [-0.3, -0.25) is 14.0 Å². The molecule has 0 aliphatic heterocycles. The second kappa shape index (κ2) is 6.42. The third kappa shape index (κ3) is 3.13. The predicted molar refractivity (Wildman–Crippen MR) is 95.0 cm³/mol. The van der Waals surface area contributed by atoms with Gasteiger partial charge in [-0.15, -0.1) is 0 Å². The fourth-order valence-corrected chi connectivity index (χ4v) is 2.79. The fourth-order valence-electron chi connectivity index (χ4n) is 2.61. The van der Waals surface area contributed by atoms with E-state index in [9.17, 15) is 14.0 Å². The van der Waals surface area contributed by atoms with Gasteiger partial charge >= 0.3 is 0 Å². The van der Waals surface area contributed by atoms with Gasteiger partial charge in [0.25, 0.3) is 11.8 Å². The lowest BCUT2D eigenvalue weighted by atomic mass is 10.3. The number of carbonyl (C=O) groups excluding carboxylic acids is 2. The number of imidazole rings is 1. The van der Waals surface area contributed by atoms with Crippen molar-refractivity contribution < 1.29 is 14.0 Å². The normalized spacial score (nSPS) is 13.6. The van der Waals surface area contributed by atoms with Crippen LogP contribution < -0.4 is 10.6 Å². The van der Waals surface area contributed by atoms with Crippen LogP contribution in [0.3, 0.4) is 0 Å². The number of hydrogen-bond acceptors (Lipinski definition) is 3. The number of halogens is 2. The average molecular weight is 373 g/mol. The molecular weight excluding hydrogens is 359 g/mol. The van der Waals surface area contributed by atoms with Gasteiger partial charge in [0.2, 0.25) is 5.82 Å². The molecule has 132 valence electrons. The monoisotopic (exact) mass is 372 g/mol. The van der Waals surface area contributed by atoms with E-state index in [0.29, 0.717) is 11.2 Å². The molecule has 1 aliphatic carbocycles. The largest absolute Gasteiger partial charge is 0.348 e. The summed E-state index contributed by atoms with van der Waals surface area (Å²) in [6.45, 7) is 0. The van der Waals surface area contributed by atoms with Crippen LogP contribution in [0.15, 0.2) is 42.6 Å². The Morgan fingerprint density at radius 2 is 2.00 bits per heavy atom. The molecule has 4 rings (SSSR count). The number of carbonyl (C=O) groups is 2. The Labute approximate surface area is 153 Å². The number of aromatic nitrogens is 2. The molecule has 6 nitrogen and oxygen atoms in total. The van der Waals surface area contributed by atoms with E-state index in [0.717, 1.165) is 18.9 Å². The summed E-state index contributed by atoms with van der Waals surface area (Å²) >= 11 is 5.74. The number of nitrogens with zero attached hydrogens (tertiary/aromatic N) is 2. The number of fused-ring (bicyclic) bond motifs is 1. The molecule has 2 N–H and O–H groups in total. The summed E-state index contributed by atoms with van der Waals surface area (Å²) in [5.74, 6) is -1.35. The molecule has 8 heteroatoms. The number of rotatable bonds is 4. The first-order valence-corrected chi connectivity index (χ1v) is 8.45. The van der Waals surface area contributed by atoms with Crippen molar-refractivity contribution in [2.75, 3.05) is 5.32 Å². The van der Waals surface area contributed by atoms with E-state index in [-0.39, 0.29) is 28.5 Å². The zero-order valence-corrected chi connectivity index (χ0v) is 14.3. The summed E-state index contributed by atoms with van der Waals surface area (Å²) in [7, 11) is 0. The minimum Gasteiger partial charge on any atom is -0.348 e. The summed E-state index contributed by atoms with van der Waals surface area (Å²) in [5.41, 5.74) is 1.06. The smallest absolute Gasteiger partial charge is 0.292 e. The second-order valence-corrected chi connectivity index (χ2v) is 6.48. The van der Waals surface area contributed by atoms with Crippen LogP contribution in [0, 0.1) is 5.82 Å². The first-order chi connectivity index (χ1) is 12.5. The van der Waals surface area contributed by atoms with Gasteiger partial charge in [-0.2, -0.15) is 0 Å². The van der Waals surface area contributed by atoms with Gasteiger partial charge in [-0.1, -0.05) is 17.7 Å². The highest BCUT2D eigenvalue weighted by atomic mass is 35.5. The lowest BCUT2D eigenvalue weighted by Crippen LogP contribution is -2.26. The van der Waals surface area contributed by atoms with Gasteiger partial charge < -0.3 is 10.6 Å². The van der Waals surface area contributed by atoms with E-state index < -0.39 is 11.7 Å². The zero-order valence-electron chi connectivity index (χ0n) is 13.5. The van der Waals surface area contributed by atoms with E-state index >= 15 is 0 Å². The third-order valence-electron chi connectivity index (χ3n) is 4.06. The Morgan fingerprint density at radius 1 is 1.19 bits per heavy atom. The molecule has 0 spiro atoms. The minimum atomic E-state index is -0.574. The minimum absolute atomic E-state index is 0.0574. The fraction of sp³-hybridized carbons (Fsp3) is 0.167. The van der Waals surface area contributed by atoms with Crippen molar-refractivity contribution in [3.63, 3.8) is 0 Å². The number of hydrogen-bond donors (Lipinski definition) is 2. The van der Waals surface area contributed by atoms with Crippen molar-refractivity contribution in [2.45, 2.75) is 18.9 Å². The molecule has 0 unspecified atom stereocenters. The zero-order chi connectivity index (χ0) is 18.3. The van der Waals surface area contributed by atoms with Crippen molar-refractivity contribution in [1.82, 2.24) is 14.7 Å². The maximum atomic E-state index is 13.3. The van der Waals surface area contributed by atoms with Gasteiger partial charge in [0.05, 0.1) is 10.5 Å². The molecule has 1 aromatic carbocycles. The first-order valence-electron chi connectivity index (χ1n) is 8.07. The molecular formula is C18H14ClFN4O2. The van der Waals surface area contributed by atoms with Gasteiger partial charge in [0.15, 0.2) is 5.69 Å². The van der Waals surface area contributed by atoms with Crippen LogP contribution in [0.2, 0.25) is 5.02 Å². The van der Waals surface area contributed by atoms with Crippen LogP contribution in [0.25, 0.3) is 5.52 Å². The molecule has 0 bridgehead atoms. The van der Waals surface area contributed by atoms with Crippen molar-refractivity contribution in [1.29, 1.82) is 0 Å². The van der Waals surface area contributed by atoms with E-state index in [4.69, 9.17) is 11.6 Å². The number of pyridine rings is 1. The molecule has 0 atom stereocenters. The molecule has 0 radical (unpaired) electrons. The van der Waals surface area contributed by atoms with E-state index in [1.54, 1.807) is 28.8 Å². The summed E-state index contributed by atoms with van der Waals surface area (Å²) in [4.78, 5) is 29.3. The first kappa shape index (κ1) is 16.5. The SMILES string of the molecule is O=C(NC1CC1)c1nc(C(=O)Nc2ccc(F)c(Cl)c2)n2ccccc12. The van der Waals surface area contributed by atoms with Crippen molar-refractivity contribution >= 4 is 34.6 Å². The lowest BCUT2D eigenvalue weighted by molar-refractivity contribution is 0.0948. The van der Waals surface area contributed by atoms with Crippen LogP contribution >= 0.6 is 11.6 Å². The molecule has 2 amide bonds. The van der Waals surface area contributed by atoms with Crippen LogP contribution in [0.5, 0.6) is 0 Å². The standard InChI is InChI=1S/C18H14ClFN4O2/c19-12-9-11(6-7-13(12)20)22-18(26)16-23-15(17(25)21-10-4-5-10)14-3-1-2-8-24(14)16/h1-3,6-10H,4-5H2,(H,21,25)(H,22,26). The predicted octanol–water partition coefficient (Wildman–Crippen LogP) is 3.27. The van der Waals surface area contributed by atoms with Crippen molar-refractivity contribution in [3.05, 3.63) is 65.0 Å². The van der Waals surface area contributed by atoms with Gasteiger partial charge in [-0.25, -0.2) is 9.37 Å². The van der Waals surface area contributed by atoms with Crippen LogP contribution in [-0.2, 0) is 0 Å². The van der Waals surface area contributed by atoms with Crippen LogP contribution in [0.4, 0.5) is 10.1 Å². The number of nitrogens with one attached hydrogen (secondary N) is 2. The second-order valence-electron chi connectivity index (χ2n) is 6.07. The summed E-state index contributed by atoms with van der Waals surface area (Å²) in [6.07, 6.45) is 3.56. The van der Waals surface area contributed by atoms with Crippen molar-refractivity contribution in [3.8, 4) is 0 Å². The van der Waals surface area contributed by atoms with Crippen LogP contribution in [-0.4, -0.2) is 27.2 Å². The van der Waals surface area contributed by atoms with E-state index in [2.05, 4.69) is 15.6 Å². The highest BCUT2D eigenvalue weighted by Crippen LogP contribution is 2.22. The third-order valence-corrected chi connectivity index (χ3v) is 4.35. The Morgan fingerprint density at radius 3 is 2.73 bits per heavy atom. The molecule has 26 heavy (non-hydrogen) atoms. The maximum Gasteiger partial charge on any atom is 0.292 e. The molecule has 2 aromatic heterocycles. The number of anilines is 1. The molecule has 3 aromatic rings. The van der Waals surface area contributed by atoms with Crippen LogP contribution in [0.1, 0.15) is 33.9 Å². The topological polar surface area (TPSA) is 75.5 Å². The summed E-state index contributed by atoms with van der Waals surface area (Å²) in [6, 6.07) is 9.29. The van der Waals surface area contributed by atoms with E-state index in [1.165, 1.54) is 12.1 Å². The average Bonchev–Trinajstić information content (AvgIpc) is 3.34. The Bertz CT molecular complexity index is 1030. The molecule has 0 saturated heterocycles. The molecule has 2 heterocycles. The van der Waals surface area contributed by atoms with Gasteiger partial charge in [0, 0.05) is 17.9 Å². The Kier molecular flexibility index (Phi) is 4.08. The van der Waals surface area contributed by atoms with Gasteiger partial charge in [0.1, 0.15) is 5.82 Å². The number of amides is 2. The maximum absolute atomic E-state index is 13.3. The van der Waals surface area contributed by atoms with E-state index in [1.807, 2.05) is 0 Å². The lowest BCUT2D eigenvalue weighted by Gasteiger charge is -2.05. The highest BCUT2D eigenvalue weighted by molar-refractivity contribution is 6.31. The number of benzene rings is 1. The quantitative estimate of drug-likeness (QED) is 0.738. The van der Waals surface area contributed by atoms with Crippen molar-refractivity contribution in [2.24, 2.45) is 0 Å². The summed E-state index contributed by atoms with van der Waals surface area (Å²) < 4.78 is 14.8. The molecule has 1 saturated carbocycles. The van der Waals surface area contributed by atoms with Gasteiger partial charge in [-0.05, 0) is 43.2 Å². The Hall–Kier alpha value is -2.93. The molecule has 1 fully saturated rings. The highest BCUT2D eigenvalue weighted by Gasteiger charge is 2.27.